The van der Waals surface area contributed by atoms with E-state index in [1.54, 1.807) is 6.20 Å². The first-order chi connectivity index (χ1) is 9.24. The van der Waals surface area contributed by atoms with Gasteiger partial charge in [-0.2, -0.15) is 0 Å². The Morgan fingerprint density at radius 1 is 1.42 bits per heavy atom. The summed E-state index contributed by atoms with van der Waals surface area (Å²) in [6.07, 6.45) is 7.48. The van der Waals surface area contributed by atoms with Crippen LogP contribution in [0.15, 0.2) is 22.9 Å². The Bertz CT molecular complexity index is 470. The molecule has 102 valence electrons. The van der Waals surface area contributed by atoms with Gasteiger partial charge in [0.1, 0.15) is 6.10 Å². The minimum absolute atomic E-state index is 0.0226. The van der Waals surface area contributed by atoms with E-state index in [2.05, 4.69) is 26.2 Å². The highest BCUT2D eigenvalue weighted by atomic mass is 79.9. The second-order valence-corrected chi connectivity index (χ2v) is 6.18. The Kier molecular flexibility index (Phi) is 3.84. The zero-order chi connectivity index (χ0) is 13.2. The third kappa shape index (κ3) is 3.15. The summed E-state index contributed by atoms with van der Waals surface area (Å²) in [5.74, 6) is 0.566. The molecule has 0 radical (unpaired) electrons. The molecular formula is C14H17BrN2O2. The summed E-state index contributed by atoms with van der Waals surface area (Å²) in [5.41, 5.74) is 1.07. The lowest BCUT2D eigenvalue weighted by molar-refractivity contribution is -0.131. The van der Waals surface area contributed by atoms with Crippen molar-refractivity contribution in [1.29, 1.82) is 0 Å². The predicted octanol–water partition coefficient (Wildman–Crippen LogP) is 2.59. The van der Waals surface area contributed by atoms with Crippen LogP contribution in [0.2, 0.25) is 0 Å². The van der Waals surface area contributed by atoms with E-state index in [1.165, 1.54) is 12.8 Å². The molecule has 1 aliphatic heterocycles. The van der Waals surface area contributed by atoms with Crippen LogP contribution in [0.5, 0.6) is 0 Å². The van der Waals surface area contributed by atoms with Crippen LogP contribution in [0, 0.1) is 5.92 Å². The van der Waals surface area contributed by atoms with E-state index in [4.69, 9.17) is 4.74 Å². The molecule has 0 spiro atoms. The monoisotopic (exact) mass is 324 g/mol. The van der Waals surface area contributed by atoms with Crippen molar-refractivity contribution >= 4 is 21.8 Å². The number of halogens is 1. The lowest BCUT2D eigenvalue weighted by Gasteiger charge is -2.20. The standard InChI is InChI=1S/C14H17BrN2O2/c15-11-6-10(7-16-8-11)13(9-3-4-9)17-14(18)12-2-1-5-19-12/h6-9,12-13H,1-5H2,(H,17,18)/t12-,13+/m1/s1. The number of hydrogen-bond acceptors (Lipinski definition) is 3. The number of nitrogens with zero attached hydrogens (tertiary/aromatic N) is 1. The van der Waals surface area contributed by atoms with Crippen molar-refractivity contribution in [3.63, 3.8) is 0 Å². The number of carbonyl (C=O) groups excluding carboxylic acids is 1. The Morgan fingerprint density at radius 3 is 2.89 bits per heavy atom. The molecule has 2 heterocycles. The fourth-order valence-corrected chi connectivity index (χ4v) is 2.91. The van der Waals surface area contributed by atoms with Gasteiger partial charge in [-0.15, -0.1) is 0 Å². The van der Waals surface area contributed by atoms with E-state index in [9.17, 15) is 4.79 Å². The summed E-state index contributed by atoms with van der Waals surface area (Å²) in [6.45, 7) is 0.699. The number of aromatic nitrogens is 1. The molecule has 5 heteroatoms. The topological polar surface area (TPSA) is 51.2 Å². The van der Waals surface area contributed by atoms with Crippen molar-refractivity contribution in [3.05, 3.63) is 28.5 Å². The number of carbonyl (C=O) groups is 1. The minimum atomic E-state index is -0.263. The van der Waals surface area contributed by atoms with Gasteiger partial charge in [0.05, 0.1) is 6.04 Å². The van der Waals surface area contributed by atoms with E-state index >= 15 is 0 Å². The van der Waals surface area contributed by atoms with Crippen molar-refractivity contribution in [2.24, 2.45) is 5.92 Å². The van der Waals surface area contributed by atoms with Crippen LogP contribution in [0.25, 0.3) is 0 Å². The summed E-state index contributed by atoms with van der Waals surface area (Å²) in [5, 5.41) is 3.14. The molecule has 2 atom stereocenters. The number of amides is 1. The highest BCUT2D eigenvalue weighted by molar-refractivity contribution is 9.10. The highest BCUT2D eigenvalue weighted by Crippen LogP contribution is 2.41. The quantitative estimate of drug-likeness (QED) is 0.926. The molecule has 3 rings (SSSR count). The molecule has 1 N–H and O–H groups in total. The lowest BCUT2D eigenvalue weighted by atomic mass is 10.0. The first kappa shape index (κ1) is 13.1. The van der Waals surface area contributed by atoms with Gasteiger partial charge in [0.2, 0.25) is 5.91 Å². The Morgan fingerprint density at radius 2 is 2.26 bits per heavy atom. The number of ether oxygens (including phenoxy) is 1. The summed E-state index contributed by atoms with van der Waals surface area (Å²) in [6, 6.07) is 2.10. The van der Waals surface area contributed by atoms with Gasteiger partial charge in [0.25, 0.3) is 0 Å². The molecule has 1 amide bonds. The molecule has 1 saturated carbocycles. The van der Waals surface area contributed by atoms with Crippen LogP contribution in [-0.2, 0) is 9.53 Å². The molecule has 1 aromatic rings. The second-order valence-electron chi connectivity index (χ2n) is 5.26. The zero-order valence-electron chi connectivity index (χ0n) is 10.6. The maximum atomic E-state index is 12.2. The first-order valence-electron chi connectivity index (χ1n) is 6.76. The maximum absolute atomic E-state index is 12.2. The Hall–Kier alpha value is -0.940. The van der Waals surface area contributed by atoms with Crippen LogP contribution in [0.3, 0.4) is 0 Å². The van der Waals surface area contributed by atoms with E-state index < -0.39 is 0 Å². The van der Waals surface area contributed by atoms with Gasteiger partial charge < -0.3 is 10.1 Å². The summed E-state index contributed by atoms with van der Waals surface area (Å²) in [4.78, 5) is 16.4. The van der Waals surface area contributed by atoms with Crippen molar-refractivity contribution in [3.8, 4) is 0 Å². The molecule has 0 aromatic carbocycles. The normalized spacial score (nSPS) is 24.2. The fraction of sp³-hybridized carbons (Fsp3) is 0.571. The van der Waals surface area contributed by atoms with Gasteiger partial charge in [-0.25, -0.2) is 0 Å². The summed E-state index contributed by atoms with van der Waals surface area (Å²) < 4.78 is 6.38. The Labute approximate surface area is 121 Å². The summed E-state index contributed by atoms with van der Waals surface area (Å²) >= 11 is 3.43. The Balaban J connectivity index is 1.72. The molecule has 1 saturated heterocycles. The van der Waals surface area contributed by atoms with Gasteiger partial charge in [0, 0.05) is 23.5 Å². The lowest BCUT2D eigenvalue weighted by Crippen LogP contribution is -2.37. The maximum Gasteiger partial charge on any atom is 0.249 e. The largest absolute Gasteiger partial charge is 0.368 e. The molecule has 2 fully saturated rings. The van der Waals surface area contributed by atoms with Gasteiger partial charge in [0.15, 0.2) is 0 Å². The van der Waals surface area contributed by atoms with Crippen LogP contribution >= 0.6 is 15.9 Å². The smallest absolute Gasteiger partial charge is 0.249 e. The highest BCUT2D eigenvalue weighted by Gasteiger charge is 2.35. The fourth-order valence-electron chi connectivity index (χ4n) is 2.53. The van der Waals surface area contributed by atoms with Crippen LogP contribution in [-0.4, -0.2) is 23.6 Å². The molecule has 0 bridgehead atoms. The van der Waals surface area contributed by atoms with E-state index in [1.807, 2.05) is 12.3 Å². The molecule has 4 nitrogen and oxygen atoms in total. The van der Waals surface area contributed by atoms with Crippen molar-refractivity contribution in [1.82, 2.24) is 10.3 Å². The SMILES string of the molecule is O=C(N[C@H](c1cncc(Br)c1)C1CC1)[C@H]1CCCO1. The molecule has 1 aromatic heterocycles. The second kappa shape index (κ2) is 5.59. The third-order valence-electron chi connectivity index (χ3n) is 3.70. The van der Waals surface area contributed by atoms with Crippen LogP contribution < -0.4 is 5.32 Å². The molecule has 2 aliphatic rings. The third-order valence-corrected chi connectivity index (χ3v) is 4.13. The van der Waals surface area contributed by atoms with E-state index in [0.29, 0.717) is 12.5 Å². The molecule has 1 aliphatic carbocycles. The van der Waals surface area contributed by atoms with Crippen molar-refractivity contribution < 1.29 is 9.53 Å². The molecule has 0 unspecified atom stereocenters. The molecule has 19 heavy (non-hydrogen) atoms. The van der Waals surface area contributed by atoms with Crippen molar-refractivity contribution in [2.45, 2.75) is 37.8 Å². The number of nitrogens with one attached hydrogen (secondary N) is 1. The van der Waals surface area contributed by atoms with E-state index in [-0.39, 0.29) is 18.1 Å². The number of rotatable bonds is 4. The summed E-state index contributed by atoms with van der Waals surface area (Å²) in [7, 11) is 0. The van der Waals surface area contributed by atoms with E-state index in [0.717, 1.165) is 22.9 Å². The molecular weight excluding hydrogens is 308 g/mol. The van der Waals surface area contributed by atoms with Gasteiger partial charge in [-0.3, -0.25) is 9.78 Å². The van der Waals surface area contributed by atoms with Gasteiger partial charge in [-0.1, -0.05) is 0 Å². The average Bonchev–Trinajstić information content (AvgIpc) is 3.09. The van der Waals surface area contributed by atoms with Crippen LogP contribution in [0.4, 0.5) is 0 Å². The predicted molar refractivity (Wildman–Crippen MR) is 74.5 cm³/mol. The number of pyridine rings is 1. The van der Waals surface area contributed by atoms with Gasteiger partial charge in [-0.05, 0) is 59.2 Å². The van der Waals surface area contributed by atoms with Gasteiger partial charge >= 0.3 is 0 Å². The first-order valence-corrected chi connectivity index (χ1v) is 7.56. The number of hydrogen-bond donors (Lipinski definition) is 1. The average molecular weight is 325 g/mol. The van der Waals surface area contributed by atoms with Crippen LogP contribution in [0.1, 0.15) is 37.3 Å². The zero-order valence-corrected chi connectivity index (χ0v) is 12.2. The van der Waals surface area contributed by atoms with Crippen molar-refractivity contribution in [2.75, 3.05) is 6.61 Å². The minimum Gasteiger partial charge on any atom is -0.368 e.